The van der Waals surface area contributed by atoms with Crippen molar-refractivity contribution in [3.05, 3.63) is 102 Å². The molecule has 10 nitrogen and oxygen atoms in total. The normalized spacial score (nSPS) is 17.7. The minimum Gasteiger partial charge on any atom is -0.455 e. The average Bonchev–Trinajstić information content (AvgIpc) is 3.41. The zero-order valence-corrected chi connectivity index (χ0v) is 26.5. The topological polar surface area (TPSA) is 132 Å². The first-order valence-corrected chi connectivity index (χ1v) is 16.7. The van der Waals surface area contributed by atoms with Crippen LogP contribution in [-0.4, -0.2) is 56.1 Å². The van der Waals surface area contributed by atoms with E-state index in [0.717, 1.165) is 6.26 Å². The molecule has 0 saturated heterocycles. The summed E-state index contributed by atoms with van der Waals surface area (Å²) >= 11 is 0. The Balaban J connectivity index is 1.44. The SMILES string of the molecule is CCN(c1cc2oc(-c3ccc(F)cc3)c(C=O)c2cc1-c1cccc(C(=O)NC2(c3ncccn3)CC(OC(F)F)C2)c1)S(C)(=O)=O. The summed E-state index contributed by atoms with van der Waals surface area (Å²) in [6.45, 7) is -1.25. The molecule has 1 amide bonds. The number of nitrogens with one attached hydrogen (secondary N) is 1. The number of alkyl halides is 2. The minimum absolute atomic E-state index is 0.0266. The number of aldehydes is 1. The number of rotatable bonds is 11. The zero-order valence-electron chi connectivity index (χ0n) is 25.7. The van der Waals surface area contributed by atoms with Gasteiger partial charge in [-0.2, -0.15) is 8.78 Å². The molecule has 0 bridgehead atoms. The Morgan fingerprint density at radius 3 is 2.42 bits per heavy atom. The number of ether oxygens (including phenoxy) is 1. The number of carbonyl (C=O) groups is 2. The van der Waals surface area contributed by atoms with Crippen LogP contribution in [0.3, 0.4) is 0 Å². The molecule has 48 heavy (non-hydrogen) atoms. The van der Waals surface area contributed by atoms with Gasteiger partial charge < -0.3 is 14.5 Å². The molecule has 2 heterocycles. The Hall–Kier alpha value is -5.08. The average molecular weight is 679 g/mol. The van der Waals surface area contributed by atoms with Gasteiger partial charge in [-0.25, -0.2) is 22.8 Å². The summed E-state index contributed by atoms with van der Waals surface area (Å²) in [6.07, 6.45) is 3.89. The highest BCUT2D eigenvalue weighted by atomic mass is 32.2. The number of aromatic nitrogens is 2. The largest absolute Gasteiger partial charge is 0.455 e. The maximum absolute atomic E-state index is 13.7. The number of amides is 1. The van der Waals surface area contributed by atoms with E-state index in [9.17, 15) is 31.2 Å². The molecule has 6 rings (SSSR count). The van der Waals surface area contributed by atoms with Crippen LogP contribution in [0.4, 0.5) is 18.9 Å². The number of sulfonamides is 1. The van der Waals surface area contributed by atoms with Gasteiger partial charge in [-0.05, 0) is 61.0 Å². The van der Waals surface area contributed by atoms with Crippen molar-refractivity contribution in [1.82, 2.24) is 15.3 Å². The van der Waals surface area contributed by atoms with Gasteiger partial charge in [0.15, 0.2) is 12.1 Å². The quantitative estimate of drug-likeness (QED) is 0.161. The van der Waals surface area contributed by atoms with Crippen LogP contribution in [-0.2, 0) is 20.3 Å². The number of halogens is 3. The summed E-state index contributed by atoms with van der Waals surface area (Å²) in [5.74, 6) is -0.583. The minimum atomic E-state index is -3.80. The molecule has 0 radical (unpaired) electrons. The van der Waals surface area contributed by atoms with Gasteiger partial charge in [0.1, 0.15) is 22.7 Å². The Labute approximate surface area is 273 Å². The molecule has 1 aliphatic rings. The van der Waals surface area contributed by atoms with E-state index in [1.807, 2.05) is 0 Å². The van der Waals surface area contributed by atoms with Crippen molar-refractivity contribution in [2.75, 3.05) is 17.1 Å². The van der Waals surface area contributed by atoms with Crippen LogP contribution < -0.4 is 9.62 Å². The van der Waals surface area contributed by atoms with Gasteiger partial charge in [-0.1, -0.05) is 12.1 Å². The number of anilines is 1. The van der Waals surface area contributed by atoms with Crippen LogP contribution in [0.2, 0.25) is 0 Å². The monoisotopic (exact) mass is 678 g/mol. The number of hydrogen-bond acceptors (Lipinski definition) is 8. The maximum atomic E-state index is 13.7. The van der Waals surface area contributed by atoms with E-state index in [1.54, 1.807) is 43.3 Å². The van der Waals surface area contributed by atoms with Crippen molar-refractivity contribution in [2.45, 2.75) is 38.0 Å². The third kappa shape index (κ3) is 6.28. The summed E-state index contributed by atoms with van der Waals surface area (Å²) in [5.41, 5.74) is 0.943. The Morgan fingerprint density at radius 1 is 1.08 bits per heavy atom. The molecule has 1 N–H and O–H groups in total. The van der Waals surface area contributed by atoms with E-state index in [4.69, 9.17) is 4.42 Å². The molecule has 3 aromatic carbocycles. The van der Waals surface area contributed by atoms with Crippen LogP contribution in [0.5, 0.6) is 0 Å². The maximum Gasteiger partial charge on any atom is 0.345 e. The lowest BCUT2D eigenvalue weighted by Crippen LogP contribution is -2.58. The lowest BCUT2D eigenvalue weighted by atomic mass is 9.73. The smallest absolute Gasteiger partial charge is 0.345 e. The Kier molecular flexibility index (Phi) is 8.79. The van der Waals surface area contributed by atoms with Gasteiger partial charge in [0.05, 0.1) is 23.6 Å². The highest BCUT2D eigenvalue weighted by Crippen LogP contribution is 2.44. The molecule has 5 aromatic rings. The van der Waals surface area contributed by atoms with E-state index < -0.39 is 40.0 Å². The van der Waals surface area contributed by atoms with Crippen molar-refractivity contribution >= 4 is 38.9 Å². The molecule has 1 aliphatic carbocycles. The number of carbonyl (C=O) groups excluding carboxylic acids is 2. The molecule has 2 aromatic heterocycles. The fourth-order valence-electron chi connectivity index (χ4n) is 6.07. The van der Waals surface area contributed by atoms with E-state index in [1.165, 1.54) is 47.0 Å². The number of fused-ring (bicyclic) bond motifs is 1. The van der Waals surface area contributed by atoms with Gasteiger partial charge in [-0.3, -0.25) is 13.9 Å². The van der Waals surface area contributed by atoms with E-state index >= 15 is 0 Å². The predicted molar refractivity (Wildman–Crippen MR) is 172 cm³/mol. The lowest BCUT2D eigenvalue weighted by Gasteiger charge is -2.46. The summed E-state index contributed by atoms with van der Waals surface area (Å²) < 4.78 is 77.2. The van der Waals surface area contributed by atoms with E-state index in [-0.39, 0.29) is 53.4 Å². The first-order valence-electron chi connectivity index (χ1n) is 14.9. The van der Waals surface area contributed by atoms with Gasteiger partial charge in [0.25, 0.3) is 5.91 Å². The van der Waals surface area contributed by atoms with Crippen molar-refractivity contribution < 1.29 is 40.3 Å². The van der Waals surface area contributed by atoms with Crippen LogP contribution in [0, 0.1) is 5.82 Å². The van der Waals surface area contributed by atoms with Crippen LogP contribution >= 0.6 is 0 Å². The van der Waals surface area contributed by atoms with Crippen LogP contribution in [0.25, 0.3) is 33.4 Å². The lowest BCUT2D eigenvalue weighted by molar-refractivity contribution is -0.198. The number of hydrogen-bond donors (Lipinski definition) is 1. The first-order chi connectivity index (χ1) is 22.9. The molecule has 248 valence electrons. The van der Waals surface area contributed by atoms with E-state index in [2.05, 4.69) is 20.0 Å². The molecule has 0 aliphatic heterocycles. The van der Waals surface area contributed by atoms with Crippen molar-refractivity contribution in [1.29, 1.82) is 0 Å². The van der Waals surface area contributed by atoms with E-state index in [0.29, 0.717) is 28.4 Å². The fraction of sp³-hybridized carbons (Fsp3) is 0.235. The van der Waals surface area contributed by atoms with Crippen LogP contribution in [0.1, 0.15) is 46.3 Å². The Bertz CT molecular complexity index is 2100. The van der Waals surface area contributed by atoms with Gasteiger partial charge in [0.2, 0.25) is 10.0 Å². The standard InChI is InChI=1S/C34H29F3N4O6S/c1-3-41(48(2,44)45)28-16-29-26(27(19-42)30(47-29)20-8-10-23(35)11-9-20)15-25(28)21-6-4-7-22(14-21)31(43)40-34(32-38-12-5-13-39-32)17-24(18-34)46-33(36)37/h4-16,19,24,33H,3,17-18H2,1-2H3,(H,40,43). The molecule has 0 unspecified atom stereocenters. The second-order valence-electron chi connectivity index (χ2n) is 11.4. The van der Waals surface area contributed by atoms with Gasteiger partial charge >= 0.3 is 6.61 Å². The molecule has 1 fully saturated rings. The molecular weight excluding hydrogens is 649 g/mol. The van der Waals surface area contributed by atoms with Crippen molar-refractivity contribution in [2.24, 2.45) is 0 Å². The van der Waals surface area contributed by atoms with Crippen LogP contribution in [0.15, 0.2) is 83.5 Å². The number of benzene rings is 3. The molecule has 0 atom stereocenters. The number of nitrogens with zero attached hydrogens (tertiary/aromatic N) is 3. The fourth-order valence-corrected chi connectivity index (χ4v) is 7.05. The summed E-state index contributed by atoms with van der Waals surface area (Å²) in [5, 5.41) is 3.28. The predicted octanol–water partition coefficient (Wildman–Crippen LogP) is 6.32. The number of furan rings is 1. The highest BCUT2D eigenvalue weighted by Gasteiger charge is 2.50. The third-order valence-electron chi connectivity index (χ3n) is 8.26. The van der Waals surface area contributed by atoms with Crippen molar-refractivity contribution in [3.8, 4) is 22.5 Å². The third-order valence-corrected chi connectivity index (χ3v) is 9.51. The van der Waals surface area contributed by atoms with Gasteiger partial charge in [-0.15, -0.1) is 0 Å². The second-order valence-corrected chi connectivity index (χ2v) is 13.3. The van der Waals surface area contributed by atoms with Crippen molar-refractivity contribution in [3.63, 3.8) is 0 Å². The Morgan fingerprint density at radius 2 is 1.79 bits per heavy atom. The summed E-state index contributed by atoms with van der Waals surface area (Å²) in [6, 6.07) is 16.5. The summed E-state index contributed by atoms with van der Waals surface area (Å²) in [7, 11) is -3.80. The van der Waals surface area contributed by atoms with Gasteiger partial charge in [0, 0.05) is 59.9 Å². The second kappa shape index (κ2) is 12.8. The molecular formula is C34H29F3N4O6S. The zero-order chi connectivity index (χ0) is 34.2. The molecule has 1 saturated carbocycles. The summed E-state index contributed by atoms with van der Waals surface area (Å²) in [4.78, 5) is 34.6. The highest BCUT2D eigenvalue weighted by molar-refractivity contribution is 7.92. The first kappa shape index (κ1) is 32.8. The molecule has 0 spiro atoms. The molecule has 14 heteroatoms.